The number of rotatable bonds is 3. The lowest BCUT2D eigenvalue weighted by Gasteiger charge is -2.05. The highest BCUT2D eigenvalue weighted by molar-refractivity contribution is 5.65. The minimum Gasteiger partial charge on any atom is -0.385 e. The SMILES string of the molecule is CCNc1ccc(-c2ccc(F)cc2)cc1. The standard InChI is InChI=1S/C14H14FN/c1-2-16-14-9-5-12(6-10-14)11-3-7-13(15)8-4-11/h3-10,16H,2H2,1H3. The van der Waals surface area contributed by atoms with Gasteiger partial charge in [0.2, 0.25) is 0 Å². The largest absolute Gasteiger partial charge is 0.385 e. The smallest absolute Gasteiger partial charge is 0.123 e. The molecule has 0 radical (unpaired) electrons. The summed E-state index contributed by atoms with van der Waals surface area (Å²) in [7, 11) is 0. The summed E-state index contributed by atoms with van der Waals surface area (Å²) in [6, 6.07) is 14.7. The van der Waals surface area contributed by atoms with Crippen molar-refractivity contribution in [2.24, 2.45) is 0 Å². The fourth-order valence-electron chi connectivity index (χ4n) is 1.63. The minimum absolute atomic E-state index is 0.201. The zero-order chi connectivity index (χ0) is 11.4. The van der Waals surface area contributed by atoms with Crippen LogP contribution < -0.4 is 5.32 Å². The molecular formula is C14H14FN. The third-order valence-electron chi connectivity index (χ3n) is 2.44. The molecule has 0 bridgehead atoms. The molecule has 0 atom stereocenters. The van der Waals surface area contributed by atoms with Crippen molar-refractivity contribution in [3.8, 4) is 11.1 Å². The molecule has 0 aromatic heterocycles. The van der Waals surface area contributed by atoms with Gasteiger partial charge in [0.05, 0.1) is 0 Å². The maximum Gasteiger partial charge on any atom is 0.123 e. The maximum absolute atomic E-state index is 12.8. The molecule has 1 nitrogen and oxygen atoms in total. The van der Waals surface area contributed by atoms with Crippen molar-refractivity contribution in [1.82, 2.24) is 0 Å². The Bertz CT molecular complexity index is 445. The van der Waals surface area contributed by atoms with Crippen molar-refractivity contribution in [3.63, 3.8) is 0 Å². The predicted molar refractivity (Wildman–Crippen MR) is 66.0 cm³/mol. The molecule has 0 amide bonds. The summed E-state index contributed by atoms with van der Waals surface area (Å²) in [5.41, 5.74) is 3.24. The highest BCUT2D eigenvalue weighted by Crippen LogP contribution is 2.21. The highest BCUT2D eigenvalue weighted by Gasteiger charge is 1.97. The zero-order valence-corrected chi connectivity index (χ0v) is 9.20. The first-order valence-corrected chi connectivity index (χ1v) is 5.39. The number of hydrogen-bond acceptors (Lipinski definition) is 1. The Balaban J connectivity index is 2.24. The van der Waals surface area contributed by atoms with E-state index in [4.69, 9.17) is 0 Å². The molecule has 1 N–H and O–H groups in total. The Hall–Kier alpha value is -1.83. The van der Waals surface area contributed by atoms with Crippen LogP contribution in [0.5, 0.6) is 0 Å². The van der Waals surface area contributed by atoms with Gasteiger partial charge in [-0.05, 0) is 42.3 Å². The van der Waals surface area contributed by atoms with E-state index >= 15 is 0 Å². The molecule has 2 aromatic carbocycles. The molecule has 0 saturated carbocycles. The van der Waals surface area contributed by atoms with Gasteiger partial charge in [0.15, 0.2) is 0 Å². The van der Waals surface area contributed by atoms with Crippen molar-refractivity contribution in [2.75, 3.05) is 11.9 Å². The summed E-state index contributed by atoms with van der Waals surface area (Å²) >= 11 is 0. The maximum atomic E-state index is 12.8. The van der Waals surface area contributed by atoms with Crippen LogP contribution in [0.1, 0.15) is 6.92 Å². The molecule has 0 saturated heterocycles. The second-order valence-corrected chi connectivity index (χ2v) is 3.61. The van der Waals surface area contributed by atoms with Crippen molar-refractivity contribution in [3.05, 3.63) is 54.3 Å². The van der Waals surface area contributed by atoms with Crippen molar-refractivity contribution in [1.29, 1.82) is 0 Å². The van der Waals surface area contributed by atoms with Gasteiger partial charge in [0.1, 0.15) is 5.82 Å². The minimum atomic E-state index is -0.201. The van der Waals surface area contributed by atoms with Gasteiger partial charge < -0.3 is 5.32 Å². The Morgan fingerprint density at radius 1 is 0.875 bits per heavy atom. The van der Waals surface area contributed by atoms with Crippen LogP contribution in [0.4, 0.5) is 10.1 Å². The molecule has 0 aliphatic carbocycles. The van der Waals surface area contributed by atoms with Gasteiger partial charge in [-0.2, -0.15) is 0 Å². The number of benzene rings is 2. The molecule has 0 unspecified atom stereocenters. The second kappa shape index (κ2) is 4.79. The number of hydrogen-bond donors (Lipinski definition) is 1. The molecule has 0 fully saturated rings. The quantitative estimate of drug-likeness (QED) is 0.818. The van der Waals surface area contributed by atoms with Crippen LogP contribution in [0, 0.1) is 5.82 Å². The van der Waals surface area contributed by atoms with E-state index < -0.39 is 0 Å². The Morgan fingerprint density at radius 3 is 1.88 bits per heavy atom. The average molecular weight is 215 g/mol. The van der Waals surface area contributed by atoms with Crippen LogP contribution >= 0.6 is 0 Å². The van der Waals surface area contributed by atoms with Crippen LogP contribution in [0.15, 0.2) is 48.5 Å². The van der Waals surface area contributed by atoms with Crippen LogP contribution in [0.25, 0.3) is 11.1 Å². The molecule has 2 aromatic rings. The highest BCUT2D eigenvalue weighted by atomic mass is 19.1. The van der Waals surface area contributed by atoms with E-state index in [2.05, 4.69) is 12.2 Å². The molecular weight excluding hydrogens is 201 g/mol. The first-order chi connectivity index (χ1) is 7.79. The Labute approximate surface area is 94.9 Å². The fourth-order valence-corrected chi connectivity index (χ4v) is 1.63. The van der Waals surface area contributed by atoms with Crippen molar-refractivity contribution in [2.45, 2.75) is 6.92 Å². The summed E-state index contributed by atoms with van der Waals surface area (Å²) in [5.74, 6) is -0.201. The summed E-state index contributed by atoms with van der Waals surface area (Å²) in [4.78, 5) is 0. The monoisotopic (exact) mass is 215 g/mol. The summed E-state index contributed by atoms with van der Waals surface area (Å²) in [5, 5.41) is 3.24. The summed E-state index contributed by atoms with van der Waals surface area (Å²) in [6.45, 7) is 2.98. The van der Waals surface area contributed by atoms with Gasteiger partial charge in [0, 0.05) is 12.2 Å². The predicted octanol–water partition coefficient (Wildman–Crippen LogP) is 3.92. The van der Waals surface area contributed by atoms with E-state index in [0.717, 1.165) is 23.4 Å². The lowest BCUT2D eigenvalue weighted by molar-refractivity contribution is 0.628. The van der Waals surface area contributed by atoms with Crippen LogP contribution in [0.2, 0.25) is 0 Å². The molecule has 16 heavy (non-hydrogen) atoms. The van der Waals surface area contributed by atoms with Gasteiger partial charge >= 0.3 is 0 Å². The molecule has 2 rings (SSSR count). The van der Waals surface area contributed by atoms with Gasteiger partial charge in [-0.25, -0.2) is 4.39 Å². The molecule has 2 heteroatoms. The molecule has 0 spiro atoms. The van der Waals surface area contributed by atoms with E-state index in [9.17, 15) is 4.39 Å². The summed E-state index contributed by atoms with van der Waals surface area (Å²) in [6.07, 6.45) is 0. The zero-order valence-electron chi connectivity index (χ0n) is 9.20. The van der Waals surface area contributed by atoms with Crippen molar-refractivity contribution >= 4 is 5.69 Å². The first kappa shape index (κ1) is 10.7. The summed E-state index contributed by atoms with van der Waals surface area (Å²) < 4.78 is 12.8. The van der Waals surface area contributed by atoms with E-state index in [1.54, 1.807) is 12.1 Å². The van der Waals surface area contributed by atoms with Gasteiger partial charge in [-0.15, -0.1) is 0 Å². The second-order valence-electron chi connectivity index (χ2n) is 3.61. The lowest BCUT2D eigenvalue weighted by atomic mass is 10.1. The molecule has 0 aliphatic rings. The Morgan fingerprint density at radius 2 is 1.38 bits per heavy atom. The molecule has 0 heterocycles. The van der Waals surface area contributed by atoms with Crippen molar-refractivity contribution < 1.29 is 4.39 Å². The van der Waals surface area contributed by atoms with E-state index in [-0.39, 0.29) is 5.82 Å². The third-order valence-corrected chi connectivity index (χ3v) is 2.44. The average Bonchev–Trinajstić information content (AvgIpc) is 2.32. The number of halogens is 1. The molecule has 82 valence electrons. The first-order valence-electron chi connectivity index (χ1n) is 5.39. The van der Waals surface area contributed by atoms with Gasteiger partial charge in [-0.3, -0.25) is 0 Å². The third kappa shape index (κ3) is 2.40. The van der Waals surface area contributed by atoms with Crippen LogP contribution in [0.3, 0.4) is 0 Å². The number of anilines is 1. The van der Waals surface area contributed by atoms with Gasteiger partial charge in [-0.1, -0.05) is 24.3 Å². The lowest BCUT2D eigenvalue weighted by Crippen LogP contribution is -1.95. The number of nitrogens with one attached hydrogen (secondary N) is 1. The van der Waals surface area contributed by atoms with E-state index in [1.165, 1.54) is 12.1 Å². The van der Waals surface area contributed by atoms with E-state index in [1.807, 2.05) is 24.3 Å². The fraction of sp³-hybridized carbons (Fsp3) is 0.143. The van der Waals surface area contributed by atoms with Gasteiger partial charge in [0.25, 0.3) is 0 Å². The Kier molecular flexibility index (Phi) is 3.20. The van der Waals surface area contributed by atoms with Crippen LogP contribution in [-0.2, 0) is 0 Å². The van der Waals surface area contributed by atoms with E-state index in [0.29, 0.717) is 0 Å². The normalized spacial score (nSPS) is 10.1. The molecule has 0 aliphatic heterocycles. The topological polar surface area (TPSA) is 12.0 Å². The van der Waals surface area contributed by atoms with Crippen LogP contribution in [-0.4, -0.2) is 6.54 Å².